The molecule has 1 aromatic carbocycles. The third kappa shape index (κ3) is 2.21. The van der Waals surface area contributed by atoms with Crippen molar-refractivity contribution in [1.82, 2.24) is 10.2 Å². The van der Waals surface area contributed by atoms with Crippen LogP contribution in [0.2, 0.25) is 0 Å². The van der Waals surface area contributed by atoms with Crippen LogP contribution in [0, 0.1) is 0 Å². The summed E-state index contributed by atoms with van der Waals surface area (Å²) in [7, 11) is 0. The Morgan fingerprint density at radius 2 is 2.00 bits per heavy atom. The van der Waals surface area contributed by atoms with Crippen molar-refractivity contribution in [2.45, 2.75) is 19.5 Å². The second kappa shape index (κ2) is 4.35. The molecule has 1 N–H and O–H groups in total. The summed E-state index contributed by atoms with van der Waals surface area (Å²) >= 11 is 0. The molecule has 1 heterocycles. The van der Waals surface area contributed by atoms with E-state index in [2.05, 4.69) is 5.32 Å². The topological polar surface area (TPSA) is 49.4 Å². The minimum absolute atomic E-state index is 0.0246. The van der Waals surface area contributed by atoms with Gasteiger partial charge in [0, 0.05) is 6.54 Å². The first kappa shape index (κ1) is 10.7. The zero-order valence-electron chi connectivity index (χ0n) is 9.14. The van der Waals surface area contributed by atoms with Crippen molar-refractivity contribution in [2.24, 2.45) is 0 Å². The molecule has 2 rings (SSSR count). The molecule has 0 saturated carbocycles. The van der Waals surface area contributed by atoms with Gasteiger partial charge in [-0.05, 0) is 12.5 Å². The summed E-state index contributed by atoms with van der Waals surface area (Å²) in [5.41, 5.74) is 1.04. The van der Waals surface area contributed by atoms with E-state index in [0.29, 0.717) is 6.54 Å². The third-order valence-corrected chi connectivity index (χ3v) is 2.61. The highest BCUT2D eigenvalue weighted by atomic mass is 16.2. The second-order valence-corrected chi connectivity index (χ2v) is 3.97. The molecule has 1 saturated heterocycles. The van der Waals surface area contributed by atoms with Gasteiger partial charge in [0.2, 0.25) is 11.8 Å². The van der Waals surface area contributed by atoms with Crippen LogP contribution in [0.15, 0.2) is 30.3 Å². The molecule has 0 unspecified atom stereocenters. The van der Waals surface area contributed by atoms with Gasteiger partial charge >= 0.3 is 0 Å². The zero-order valence-corrected chi connectivity index (χ0v) is 9.14. The Kier molecular flexibility index (Phi) is 2.90. The van der Waals surface area contributed by atoms with Crippen molar-refractivity contribution in [3.63, 3.8) is 0 Å². The van der Waals surface area contributed by atoms with Gasteiger partial charge in [0.05, 0.1) is 6.54 Å². The van der Waals surface area contributed by atoms with Crippen LogP contribution >= 0.6 is 0 Å². The van der Waals surface area contributed by atoms with Crippen LogP contribution in [0.25, 0.3) is 0 Å². The Bertz CT molecular complexity index is 403. The van der Waals surface area contributed by atoms with E-state index >= 15 is 0 Å². The summed E-state index contributed by atoms with van der Waals surface area (Å²) in [6.45, 7) is 2.35. The smallest absolute Gasteiger partial charge is 0.245 e. The number of piperazine rings is 1. The molecule has 1 aromatic rings. The number of benzene rings is 1. The Labute approximate surface area is 94.2 Å². The summed E-state index contributed by atoms with van der Waals surface area (Å²) in [6.07, 6.45) is 0. The molecule has 0 aromatic heterocycles. The van der Waals surface area contributed by atoms with Crippen LogP contribution in [0.3, 0.4) is 0 Å². The molecule has 0 spiro atoms. The number of carbonyl (C=O) groups excluding carboxylic acids is 2. The van der Waals surface area contributed by atoms with Gasteiger partial charge in [0.15, 0.2) is 0 Å². The molecule has 4 nitrogen and oxygen atoms in total. The lowest BCUT2D eigenvalue weighted by Crippen LogP contribution is -2.56. The maximum absolute atomic E-state index is 11.8. The molecule has 1 aliphatic rings. The van der Waals surface area contributed by atoms with Gasteiger partial charge in [-0.15, -0.1) is 0 Å². The van der Waals surface area contributed by atoms with Crippen molar-refractivity contribution in [1.29, 1.82) is 0 Å². The van der Waals surface area contributed by atoms with E-state index in [9.17, 15) is 9.59 Å². The molecule has 1 atom stereocenters. The van der Waals surface area contributed by atoms with E-state index in [1.54, 1.807) is 11.8 Å². The summed E-state index contributed by atoms with van der Waals surface area (Å²) in [5, 5.41) is 2.61. The summed E-state index contributed by atoms with van der Waals surface area (Å²) in [4.78, 5) is 24.7. The van der Waals surface area contributed by atoms with E-state index < -0.39 is 6.04 Å². The van der Waals surface area contributed by atoms with E-state index in [0.717, 1.165) is 5.56 Å². The maximum atomic E-state index is 11.8. The molecular weight excluding hydrogens is 204 g/mol. The van der Waals surface area contributed by atoms with Gasteiger partial charge in [-0.2, -0.15) is 0 Å². The predicted molar refractivity (Wildman–Crippen MR) is 59.5 cm³/mol. The molecule has 0 aliphatic carbocycles. The molecule has 1 fully saturated rings. The van der Waals surface area contributed by atoms with Crippen molar-refractivity contribution in [3.05, 3.63) is 35.9 Å². The molecule has 16 heavy (non-hydrogen) atoms. The fourth-order valence-corrected chi connectivity index (χ4v) is 1.81. The van der Waals surface area contributed by atoms with Crippen LogP contribution in [0.4, 0.5) is 0 Å². The van der Waals surface area contributed by atoms with Gasteiger partial charge in [-0.3, -0.25) is 9.59 Å². The highest BCUT2D eigenvalue weighted by Gasteiger charge is 2.29. The number of nitrogens with zero attached hydrogens (tertiary/aromatic N) is 1. The molecule has 1 aliphatic heterocycles. The Morgan fingerprint density at radius 3 is 2.69 bits per heavy atom. The molecule has 0 radical (unpaired) electrons. The first-order chi connectivity index (χ1) is 7.66. The molecule has 4 heteroatoms. The van der Waals surface area contributed by atoms with Crippen LogP contribution in [-0.4, -0.2) is 29.3 Å². The zero-order chi connectivity index (χ0) is 11.5. The number of rotatable bonds is 2. The normalized spacial score (nSPS) is 20.8. The minimum Gasteiger partial charge on any atom is -0.343 e. The summed E-state index contributed by atoms with van der Waals surface area (Å²) in [6, 6.07) is 9.26. The molecule has 2 amide bonds. The van der Waals surface area contributed by atoms with E-state index in [1.807, 2.05) is 30.3 Å². The molecule has 84 valence electrons. The van der Waals surface area contributed by atoms with Gasteiger partial charge in [0.1, 0.15) is 6.04 Å². The highest BCUT2D eigenvalue weighted by molar-refractivity contribution is 5.94. The predicted octanol–water partition coefficient (Wildman–Crippen LogP) is 0.533. The monoisotopic (exact) mass is 218 g/mol. The highest BCUT2D eigenvalue weighted by Crippen LogP contribution is 2.08. The number of nitrogens with one attached hydrogen (secondary N) is 1. The minimum atomic E-state index is -0.412. The largest absolute Gasteiger partial charge is 0.343 e. The summed E-state index contributed by atoms with van der Waals surface area (Å²) < 4.78 is 0. The SMILES string of the molecule is C[C@H]1NC(=O)CN(Cc2ccccc2)C1=O. The van der Waals surface area contributed by atoms with Crippen molar-refractivity contribution in [3.8, 4) is 0 Å². The molecule has 0 bridgehead atoms. The van der Waals surface area contributed by atoms with Gasteiger partial charge in [0.25, 0.3) is 0 Å². The van der Waals surface area contributed by atoms with Crippen LogP contribution < -0.4 is 5.32 Å². The Balaban J connectivity index is 2.09. The standard InChI is InChI=1S/C12H14N2O2/c1-9-12(16)14(8-11(15)13-9)7-10-5-3-2-4-6-10/h2-6,9H,7-8H2,1H3,(H,13,15)/t9-/m1/s1. The lowest BCUT2D eigenvalue weighted by molar-refractivity contribution is -0.144. The van der Waals surface area contributed by atoms with Gasteiger partial charge in [-0.1, -0.05) is 30.3 Å². The van der Waals surface area contributed by atoms with Crippen LogP contribution in [0.1, 0.15) is 12.5 Å². The van der Waals surface area contributed by atoms with Crippen molar-refractivity contribution >= 4 is 11.8 Å². The average Bonchev–Trinajstić information content (AvgIpc) is 2.27. The first-order valence-corrected chi connectivity index (χ1v) is 5.29. The maximum Gasteiger partial charge on any atom is 0.245 e. The Hall–Kier alpha value is -1.84. The first-order valence-electron chi connectivity index (χ1n) is 5.29. The number of hydrogen-bond acceptors (Lipinski definition) is 2. The number of carbonyl (C=O) groups is 2. The number of amides is 2. The fourth-order valence-electron chi connectivity index (χ4n) is 1.81. The number of hydrogen-bond donors (Lipinski definition) is 1. The van der Waals surface area contributed by atoms with E-state index in [-0.39, 0.29) is 18.4 Å². The van der Waals surface area contributed by atoms with E-state index in [4.69, 9.17) is 0 Å². The average molecular weight is 218 g/mol. The van der Waals surface area contributed by atoms with Crippen LogP contribution in [-0.2, 0) is 16.1 Å². The lowest BCUT2D eigenvalue weighted by Gasteiger charge is -2.30. The third-order valence-electron chi connectivity index (χ3n) is 2.61. The van der Waals surface area contributed by atoms with E-state index in [1.165, 1.54) is 0 Å². The Morgan fingerprint density at radius 1 is 1.31 bits per heavy atom. The van der Waals surface area contributed by atoms with Gasteiger partial charge in [-0.25, -0.2) is 0 Å². The fraction of sp³-hybridized carbons (Fsp3) is 0.333. The quantitative estimate of drug-likeness (QED) is 0.787. The lowest BCUT2D eigenvalue weighted by atomic mass is 10.1. The molecular formula is C12H14N2O2. The van der Waals surface area contributed by atoms with Crippen molar-refractivity contribution < 1.29 is 9.59 Å². The van der Waals surface area contributed by atoms with Crippen LogP contribution in [0.5, 0.6) is 0 Å². The van der Waals surface area contributed by atoms with Crippen molar-refractivity contribution in [2.75, 3.05) is 6.54 Å². The van der Waals surface area contributed by atoms with Gasteiger partial charge < -0.3 is 10.2 Å². The second-order valence-electron chi connectivity index (χ2n) is 3.97. The summed E-state index contributed by atoms with van der Waals surface area (Å²) in [5.74, 6) is -0.119.